The molecule has 0 unspecified atom stereocenters. The number of nitrogens with zero attached hydrogens (tertiary/aromatic N) is 4. The van der Waals surface area contributed by atoms with Crippen LogP contribution in [-0.2, 0) is 0 Å². The molecule has 0 N–H and O–H groups in total. The summed E-state index contributed by atoms with van der Waals surface area (Å²) >= 11 is 0. The van der Waals surface area contributed by atoms with Gasteiger partial charge in [0.15, 0.2) is 17.5 Å². The van der Waals surface area contributed by atoms with Crippen molar-refractivity contribution in [3.05, 3.63) is 140 Å². The van der Waals surface area contributed by atoms with Crippen LogP contribution in [0, 0.1) is 0 Å². The molecule has 3 aromatic heterocycles. The molecule has 10 rings (SSSR count). The van der Waals surface area contributed by atoms with Gasteiger partial charge in [0.2, 0.25) is 0 Å². The first kappa shape index (κ1) is 33.1. The fourth-order valence-electron chi connectivity index (χ4n) is 8.39. The summed E-state index contributed by atoms with van der Waals surface area (Å²) in [5, 5.41) is 4.55. The molecule has 0 saturated carbocycles. The average Bonchev–Trinajstić information content (AvgIpc) is 3.78. The van der Waals surface area contributed by atoms with Crippen LogP contribution in [0.3, 0.4) is 0 Å². The molecule has 10 heteroatoms. The van der Waals surface area contributed by atoms with Crippen LogP contribution >= 0.6 is 0 Å². The van der Waals surface area contributed by atoms with E-state index in [2.05, 4.69) is 111 Å². The first-order valence-corrected chi connectivity index (χ1v) is 18.8. The smallest absolute Gasteiger partial charge is 0.164 e. The minimum absolute atomic E-state index is 0.613. The summed E-state index contributed by atoms with van der Waals surface area (Å²) in [7, 11) is 11.3. The van der Waals surface area contributed by atoms with E-state index >= 15 is 0 Å². The van der Waals surface area contributed by atoms with E-state index in [-0.39, 0.29) is 0 Å². The van der Waals surface area contributed by atoms with E-state index in [1.807, 2.05) is 72.8 Å². The van der Waals surface area contributed by atoms with E-state index in [1.54, 1.807) is 0 Å². The average molecular weight is 700 g/mol. The lowest BCUT2D eigenvalue weighted by atomic mass is 9.59. The number of para-hydroxylation sites is 1. The molecule has 7 aromatic carbocycles. The van der Waals surface area contributed by atoms with Gasteiger partial charge in [0, 0.05) is 43.9 Å². The summed E-state index contributed by atoms with van der Waals surface area (Å²) in [4.78, 5) is 14.9. The van der Waals surface area contributed by atoms with Gasteiger partial charge in [-0.05, 0) is 59.7 Å². The third-order valence-electron chi connectivity index (χ3n) is 11.6. The van der Waals surface area contributed by atoms with E-state index in [0.29, 0.717) is 17.5 Å². The van der Waals surface area contributed by atoms with Crippen LogP contribution in [0.25, 0.3) is 94.7 Å². The van der Waals surface area contributed by atoms with Crippen LogP contribution in [0.2, 0.25) is 0 Å². The Kier molecular flexibility index (Phi) is 7.70. The topological polar surface area (TPSA) is 56.7 Å². The predicted octanol–water partition coefficient (Wildman–Crippen LogP) is 2.83. The molecule has 0 amide bonds. The second kappa shape index (κ2) is 12.8. The molecule has 0 bridgehead atoms. The molecule has 254 valence electrons. The normalized spacial score (nSPS) is 11.6. The Morgan fingerprint density at radius 1 is 0.418 bits per heavy atom. The van der Waals surface area contributed by atoms with Gasteiger partial charge < -0.3 is 8.98 Å². The molecule has 0 atom stereocenters. The largest absolute Gasteiger partial charge is 0.456 e. The molecule has 55 heavy (non-hydrogen) atoms. The van der Waals surface area contributed by atoms with Crippen molar-refractivity contribution in [1.82, 2.24) is 19.5 Å². The Morgan fingerprint density at radius 2 is 0.945 bits per heavy atom. The van der Waals surface area contributed by atoms with Gasteiger partial charge >= 0.3 is 0 Å². The fraction of sp³-hybridized carbons (Fsp3) is 0. The number of aromatic nitrogens is 4. The summed E-state index contributed by atoms with van der Waals surface area (Å²) in [6, 6.07) is 48.4. The van der Waals surface area contributed by atoms with Crippen LogP contribution in [0.15, 0.2) is 144 Å². The Hall–Kier alpha value is -6.53. The summed E-state index contributed by atoms with van der Waals surface area (Å²) < 4.78 is 8.85. The lowest BCUT2D eigenvalue weighted by Crippen LogP contribution is -2.55. The molecule has 0 aliphatic carbocycles. The predicted molar refractivity (Wildman–Crippen MR) is 244 cm³/mol. The quantitative estimate of drug-likeness (QED) is 0.260. The maximum Gasteiger partial charge on any atom is 0.164 e. The highest BCUT2D eigenvalue weighted by molar-refractivity contribution is 6.69. The number of hydrogen-bond donors (Lipinski definition) is 0. The third-order valence-corrected chi connectivity index (χ3v) is 11.6. The fourth-order valence-corrected chi connectivity index (χ4v) is 8.39. The second-order valence-corrected chi connectivity index (χ2v) is 14.6. The van der Waals surface area contributed by atoms with Crippen molar-refractivity contribution in [3.8, 4) is 51.0 Å². The molecule has 3 heterocycles. The zero-order chi connectivity index (χ0) is 37.4. The van der Waals surface area contributed by atoms with Crippen LogP contribution in [0.5, 0.6) is 0 Å². The van der Waals surface area contributed by atoms with Gasteiger partial charge in [-0.2, -0.15) is 0 Å². The van der Waals surface area contributed by atoms with Gasteiger partial charge in [-0.1, -0.05) is 102 Å². The van der Waals surface area contributed by atoms with Gasteiger partial charge in [-0.15, -0.1) is 16.4 Å². The van der Waals surface area contributed by atoms with Crippen LogP contribution < -0.4 is 27.3 Å². The Balaban J connectivity index is 1.17. The highest BCUT2D eigenvalue weighted by atomic mass is 16.3. The monoisotopic (exact) mass is 700 g/mol. The summed E-state index contributed by atoms with van der Waals surface area (Å²) in [5.74, 6) is 1.88. The second-order valence-electron chi connectivity index (χ2n) is 14.6. The number of hydrogen-bond acceptors (Lipinski definition) is 4. The number of rotatable bonds is 5. The molecule has 0 aliphatic heterocycles. The molecule has 0 aliphatic rings. The zero-order valence-electron chi connectivity index (χ0n) is 31.5. The van der Waals surface area contributed by atoms with Crippen molar-refractivity contribution in [2.75, 3.05) is 0 Å². The Bertz CT molecular complexity index is 3070. The van der Waals surface area contributed by atoms with Gasteiger partial charge in [0.1, 0.15) is 50.4 Å². The lowest BCUT2D eigenvalue weighted by Gasteiger charge is -2.21. The molecule has 10 aromatic rings. The summed E-state index contributed by atoms with van der Waals surface area (Å²) in [5.41, 5.74) is 17.2. The molecule has 5 nitrogen and oxygen atoms in total. The molecule has 0 fully saturated rings. The Labute approximate surface area is 323 Å². The number of fused-ring (bicyclic) bond motifs is 6. The van der Waals surface area contributed by atoms with Gasteiger partial charge in [0.25, 0.3) is 0 Å². The van der Waals surface area contributed by atoms with Crippen molar-refractivity contribution in [2.45, 2.75) is 0 Å². The first-order chi connectivity index (χ1) is 26.9. The molecular formula is C45H33B5N4O. The zero-order valence-corrected chi connectivity index (χ0v) is 31.5. The van der Waals surface area contributed by atoms with Gasteiger partial charge in [-0.25, -0.2) is 15.0 Å². The third kappa shape index (κ3) is 5.27. The SMILES string of the molecule is Bc1c(B)c(B)c(-c2cccc3c2c2ccccc2n3-c2ccc3oc4ccc(-c5nc(-c6ccccc6)nc(-c6ccccc6)n5)cc4c3c2)c(B)c1B. The lowest BCUT2D eigenvalue weighted by molar-refractivity contribution is 0.669. The maximum atomic E-state index is 6.45. The number of benzene rings is 7. The first-order valence-electron chi connectivity index (χ1n) is 18.8. The van der Waals surface area contributed by atoms with Crippen LogP contribution in [0.1, 0.15) is 0 Å². The van der Waals surface area contributed by atoms with Crippen molar-refractivity contribution in [2.24, 2.45) is 0 Å². The maximum absolute atomic E-state index is 6.45. The highest BCUT2D eigenvalue weighted by Crippen LogP contribution is 2.39. The van der Waals surface area contributed by atoms with E-state index in [4.69, 9.17) is 19.4 Å². The molecular weight excluding hydrogens is 667 g/mol. The van der Waals surface area contributed by atoms with E-state index in [0.717, 1.165) is 44.3 Å². The summed E-state index contributed by atoms with van der Waals surface area (Å²) in [6.45, 7) is 0. The van der Waals surface area contributed by atoms with Crippen molar-refractivity contribution >= 4 is 110 Å². The van der Waals surface area contributed by atoms with E-state index in [1.165, 1.54) is 60.2 Å². The van der Waals surface area contributed by atoms with Crippen molar-refractivity contribution < 1.29 is 4.42 Å². The molecule has 0 spiro atoms. The molecule has 0 saturated heterocycles. The van der Waals surface area contributed by atoms with E-state index in [9.17, 15) is 0 Å². The van der Waals surface area contributed by atoms with Crippen LogP contribution in [0.4, 0.5) is 0 Å². The molecule has 0 radical (unpaired) electrons. The van der Waals surface area contributed by atoms with E-state index < -0.39 is 0 Å². The standard InChI is InChI=1S/C45H33B5N4O/c46-38-37(39(47)41(49)42(50)40(38)48)29-15-9-17-33-36(29)28-14-7-8-16-32(28)54(33)27-19-21-35-31(23-27)30-22-26(18-20-34(30)55-35)45-52-43(24-10-3-1-4-11-24)51-44(53-45)25-12-5-2-6-13-25/h1-23H,46-50H2. The Morgan fingerprint density at radius 3 is 1.60 bits per heavy atom. The number of furan rings is 1. The minimum Gasteiger partial charge on any atom is -0.456 e. The highest BCUT2D eigenvalue weighted by Gasteiger charge is 2.21. The van der Waals surface area contributed by atoms with Crippen molar-refractivity contribution in [3.63, 3.8) is 0 Å². The van der Waals surface area contributed by atoms with Crippen molar-refractivity contribution in [1.29, 1.82) is 0 Å². The van der Waals surface area contributed by atoms with Gasteiger partial charge in [-0.3, -0.25) is 0 Å². The van der Waals surface area contributed by atoms with Crippen LogP contribution in [-0.4, -0.2) is 58.8 Å². The minimum atomic E-state index is 0.613. The van der Waals surface area contributed by atoms with Gasteiger partial charge in [0.05, 0.1) is 11.0 Å². The summed E-state index contributed by atoms with van der Waals surface area (Å²) in [6.07, 6.45) is 0.